The van der Waals surface area contributed by atoms with E-state index < -0.39 is 12.0 Å². The second-order valence-electron chi connectivity index (χ2n) is 1.47. The molecule has 0 spiro atoms. The summed E-state index contributed by atoms with van der Waals surface area (Å²) in [6.07, 6.45) is 0. The number of halogens is 2. The maximum Gasteiger partial charge on any atom is 0.321 e. The molecule has 0 aliphatic rings. The molecule has 0 aliphatic heterocycles. The number of thioether (sulfide) groups is 1. The highest BCUT2D eigenvalue weighted by molar-refractivity contribution is 8.02. The number of rotatable bonds is 5. The zero-order valence-corrected chi connectivity index (χ0v) is 7.58. The molecule has 0 saturated carbocycles. The van der Waals surface area contributed by atoms with E-state index in [-0.39, 0.29) is 16.0 Å². The molecule has 0 aromatic rings. The van der Waals surface area contributed by atoms with Crippen LogP contribution in [0.4, 0.5) is 0 Å². The maximum absolute atomic E-state index is 10.6. The lowest BCUT2D eigenvalue weighted by molar-refractivity contribution is -0.137. The van der Waals surface area contributed by atoms with E-state index >= 15 is 0 Å². The molecule has 1 atom stereocenters. The summed E-state index contributed by atoms with van der Waals surface area (Å²) in [7, 11) is 0. The molecule has 0 unspecified atom stereocenters. The van der Waals surface area contributed by atoms with Gasteiger partial charge in [-0.1, -0.05) is 23.2 Å². The molecule has 0 aromatic carbocycles. The standard InChI is InChI=1S/C5H7Cl2NO2S/c6-4(7)2-11-1-3(8)5(9)10/h2-3H,1,8H2,(H,9,10)/t3-/m0/s1/i3D/hD2. The molecular weight excluding hydrogens is 209 g/mol. The Morgan fingerprint density at radius 3 is 3.00 bits per heavy atom. The van der Waals surface area contributed by atoms with Crippen LogP contribution in [0, 0.1) is 0 Å². The Balaban J connectivity index is 4.40. The molecule has 0 fully saturated rings. The van der Waals surface area contributed by atoms with E-state index in [4.69, 9.17) is 32.5 Å². The van der Waals surface area contributed by atoms with Gasteiger partial charge < -0.3 is 10.8 Å². The molecule has 3 N–H and O–H groups in total. The molecule has 11 heavy (non-hydrogen) atoms. The van der Waals surface area contributed by atoms with Gasteiger partial charge in [-0.2, -0.15) is 0 Å². The van der Waals surface area contributed by atoms with Crippen LogP contribution in [0.25, 0.3) is 0 Å². The molecule has 3 nitrogen and oxygen atoms in total. The molecule has 64 valence electrons. The van der Waals surface area contributed by atoms with Gasteiger partial charge in [0.25, 0.3) is 0 Å². The van der Waals surface area contributed by atoms with Gasteiger partial charge in [0, 0.05) is 11.2 Å². The molecular formula is C5H7Cl2NO2S. The first-order valence-electron chi connectivity index (χ1n) is 3.84. The van der Waals surface area contributed by atoms with E-state index in [0.29, 0.717) is 0 Å². The lowest BCUT2D eigenvalue weighted by Crippen LogP contribution is -2.32. The van der Waals surface area contributed by atoms with Crippen molar-refractivity contribution in [3.8, 4) is 0 Å². The lowest BCUT2D eigenvalue weighted by Gasteiger charge is -2.01. The van der Waals surface area contributed by atoms with Crippen LogP contribution in [0.5, 0.6) is 0 Å². The van der Waals surface area contributed by atoms with Crippen molar-refractivity contribution in [2.24, 2.45) is 5.72 Å². The molecule has 0 aromatic heterocycles. The number of carboxylic acids is 1. The Labute approximate surface area is 82.9 Å². The normalized spacial score (nSPS) is 19.4. The lowest BCUT2D eigenvalue weighted by atomic mass is 10.4. The molecule has 0 amide bonds. The van der Waals surface area contributed by atoms with E-state index in [9.17, 15) is 4.79 Å². The zero-order chi connectivity index (χ0) is 11.4. The predicted molar refractivity (Wildman–Crippen MR) is 47.9 cm³/mol. The van der Waals surface area contributed by atoms with Gasteiger partial charge in [0.15, 0.2) is 0 Å². The molecule has 0 heterocycles. The van der Waals surface area contributed by atoms with Gasteiger partial charge in [-0.3, -0.25) is 4.79 Å². The Hall–Kier alpha value is 0.1000. The first kappa shape index (κ1) is 6.60. The van der Waals surface area contributed by atoms with Crippen molar-refractivity contribution >= 4 is 40.9 Å². The summed E-state index contributed by atoms with van der Waals surface area (Å²) in [5.41, 5.74) is -0.182. The van der Waals surface area contributed by atoms with Crippen LogP contribution < -0.4 is 5.72 Å². The van der Waals surface area contributed by atoms with Gasteiger partial charge in [0.2, 0.25) is 0 Å². The number of hydrogen-bond acceptors (Lipinski definition) is 3. The number of nitrogens with two attached hydrogens (primary N) is 1. The van der Waals surface area contributed by atoms with Crippen molar-refractivity contribution in [1.29, 1.82) is 0 Å². The summed E-state index contributed by atoms with van der Waals surface area (Å²) >= 11 is 11.4. The smallest absolute Gasteiger partial charge is 0.321 e. The van der Waals surface area contributed by atoms with E-state index in [2.05, 4.69) is 0 Å². The minimum Gasteiger partial charge on any atom is -0.480 e. The quantitative estimate of drug-likeness (QED) is 0.733. The summed E-state index contributed by atoms with van der Waals surface area (Å²) < 4.78 is 20.8. The Bertz CT molecular complexity index is 249. The predicted octanol–water partition coefficient (Wildman–Crippen LogP) is 1.41. The summed E-state index contributed by atoms with van der Waals surface area (Å²) in [4.78, 5) is 10.6. The maximum atomic E-state index is 10.6. The fourth-order valence-electron chi connectivity index (χ4n) is 0.245. The molecule has 0 saturated heterocycles. The summed E-state index contributed by atoms with van der Waals surface area (Å²) in [6, 6.07) is -2.33. The van der Waals surface area contributed by atoms with Crippen LogP contribution in [0.2, 0.25) is 2.82 Å². The molecule has 0 radical (unpaired) electrons. The van der Waals surface area contributed by atoms with Crippen molar-refractivity contribution in [2.75, 3.05) is 5.75 Å². The van der Waals surface area contributed by atoms with Crippen LogP contribution in [-0.4, -0.2) is 22.8 Å². The number of aliphatic carboxylic acids is 1. The highest BCUT2D eigenvalue weighted by Crippen LogP contribution is 2.14. The zero-order valence-electron chi connectivity index (χ0n) is 8.25. The summed E-state index contributed by atoms with van der Waals surface area (Å²) in [5, 5.41) is 9.83. The monoisotopic (exact) mass is 218 g/mol. The van der Waals surface area contributed by atoms with Crippen molar-refractivity contribution in [1.82, 2.24) is 0 Å². The van der Waals surface area contributed by atoms with E-state index in [0.717, 1.165) is 11.8 Å². The van der Waals surface area contributed by atoms with Crippen molar-refractivity contribution in [3.05, 3.63) is 9.90 Å². The Morgan fingerprint density at radius 2 is 2.64 bits per heavy atom. The summed E-state index contributed by atoms with van der Waals surface area (Å²) in [6.45, 7) is 0. The van der Waals surface area contributed by atoms with Crippen LogP contribution in [0.3, 0.4) is 0 Å². The highest BCUT2D eigenvalue weighted by atomic mass is 35.5. The highest BCUT2D eigenvalue weighted by Gasteiger charge is 2.09. The minimum absolute atomic E-state index is 0.0655. The van der Waals surface area contributed by atoms with Crippen LogP contribution in [0.15, 0.2) is 9.90 Å². The molecule has 6 heteroatoms. The minimum atomic E-state index is -2.33. The SMILES string of the molecule is [2H]N([2H])[C@@]([2H])(CSC=C(Cl)Cl)C(=O)O. The van der Waals surface area contributed by atoms with Crippen molar-refractivity contribution in [2.45, 2.75) is 6.02 Å². The molecule has 0 rings (SSSR count). The first-order chi connectivity index (χ1) is 6.30. The van der Waals surface area contributed by atoms with Gasteiger partial charge in [0.1, 0.15) is 13.3 Å². The van der Waals surface area contributed by atoms with Crippen LogP contribution in [-0.2, 0) is 4.79 Å². The topological polar surface area (TPSA) is 63.3 Å². The Morgan fingerprint density at radius 1 is 2.00 bits per heavy atom. The second kappa shape index (κ2) is 5.71. The third-order valence-electron chi connectivity index (χ3n) is 0.639. The average molecular weight is 219 g/mol. The van der Waals surface area contributed by atoms with Gasteiger partial charge >= 0.3 is 5.97 Å². The van der Waals surface area contributed by atoms with Crippen molar-refractivity contribution < 1.29 is 14.1 Å². The third kappa shape index (κ3) is 6.50. The fourth-order valence-corrected chi connectivity index (χ4v) is 1.11. The van der Waals surface area contributed by atoms with Gasteiger partial charge in [-0.25, -0.2) is 0 Å². The summed E-state index contributed by atoms with van der Waals surface area (Å²) in [5.74, 6) is -1.90. The third-order valence-corrected chi connectivity index (χ3v) is 1.96. The van der Waals surface area contributed by atoms with Gasteiger partial charge in [0.05, 0.1) is 1.37 Å². The Kier molecular flexibility index (Phi) is 3.43. The van der Waals surface area contributed by atoms with Gasteiger partial charge in [-0.15, -0.1) is 11.8 Å². The number of carboxylic acid groups (broad SMARTS) is 1. The number of hydrogen-bond donors (Lipinski definition) is 2. The van der Waals surface area contributed by atoms with Crippen molar-refractivity contribution in [3.63, 3.8) is 0 Å². The number of carbonyl (C=O) groups is 1. The van der Waals surface area contributed by atoms with E-state index in [1.807, 2.05) is 0 Å². The molecule has 0 aliphatic carbocycles. The largest absolute Gasteiger partial charge is 0.480 e. The van der Waals surface area contributed by atoms with E-state index in [1.165, 1.54) is 5.41 Å². The second-order valence-corrected chi connectivity index (χ2v) is 3.34. The van der Waals surface area contributed by atoms with E-state index in [1.54, 1.807) is 0 Å². The average Bonchev–Trinajstić information content (AvgIpc) is 2.02. The van der Waals surface area contributed by atoms with Gasteiger partial charge in [-0.05, 0) is 0 Å². The molecule has 0 bridgehead atoms. The first-order valence-corrected chi connectivity index (χ1v) is 4.25. The van der Waals surface area contributed by atoms with Crippen LogP contribution in [0.1, 0.15) is 1.37 Å². The van der Waals surface area contributed by atoms with Crippen LogP contribution >= 0.6 is 35.0 Å². The fraction of sp³-hybridized carbons (Fsp3) is 0.400.